The minimum atomic E-state index is -1.28. The molecule has 0 radical (unpaired) electrons. The summed E-state index contributed by atoms with van der Waals surface area (Å²) in [6.07, 6.45) is 0.163. The molecule has 1 heterocycles. The summed E-state index contributed by atoms with van der Waals surface area (Å²) in [7, 11) is 0. The zero-order valence-electron chi connectivity index (χ0n) is 16.9. The third-order valence-corrected chi connectivity index (χ3v) is 5.94. The summed E-state index contributed by atoms with van der Waals surface area (Å²) in [5, 5.41) is 14.8. The number of carboxylic acid groups (broad SMARTS) is 1. The molecule has 174 valence electrons. The van der Waals surface area contributed by atoms with Crippen molar-refractivity contribution in [3.8, 4) is 0 Å². The largest absolute Gasteiger partial charge is 0.480 e. The van der Waals surface area contributed by atoms with Crippen LogP contribution in [0.25, 0.3) is 0 Å². The average molecular weight is 664 g/mol. The van der Waals surface area contributed by atoms with Gasteiger partial charge in [0.2, 0.25) is 29.5 Å². The van der Waals surface area contributed by atoms with Crippen molar-refractivity contribution in [1.82, 2.24) is 20.4 Å². The van der Waals surface area contributed by atoms with Gasteiger partial charge in [0, 0.05) is 45.4 Å². The number of hydrogen-bond acceptors (Lipinski definition) is 6. The number of carbonyl (C=O) groups is 6. The number of carboxylic acids is 1. The second-order valence-electron chi connectivity index (χ2n) is 6.75. The van der Waals surface area contributed by atoms with Crippen molar-refractivity contribution in [2.75, 3.05) is 35.0 Å². The maximum Gasteiger partial charge on any atom is 0.326 e. The predicted octanol–water partition coefficient (Wildman–Crippen LogP) is -0.310. The van der Waals surface area contributed by atoms with E-state index in [0.29, 0.717) is 8.86 Å². The van der Waals surface area contributed by atoms with Gasteiger partial charge in [0.15, 0.2) is 0 Å². The number of nitrogens with one attached hydrogen (secondary N) is 2. The SMILES string of the molecule is O=C(CI)NCCN(CCNC(=O)CI)C(=O)CCCC(C(=O)O)N1C(=O)CCC1=O. The minimum Gasteiger partial charge on any atom is -0.480 e. The lowest BCUT2D eigenvalue weighted by Gasteiger charge is -2.25. The molecule has 0 aromatic rings. The third kappa shape index (κ3) is 9.65. The van der Waals surface area contributed by atoms with E-state index in [4.69, 9.17) is 0 Å². The second-order valence-corrected chi connectivity index (χ2v) is 8.28. The Kier molecular flexibility index (Phi) is 12.9. The van der Waals surface area contributed by atoms with Crippen molar-refractivity contribution in [3.63, 3.8) is 0 Å². The van der Waals surface area contributed by atoms with Gasteiger partial charge in [-0.25, -0.2) is 4.79 Å². The zero-order valence-corrected chi connectivity index (χ0v) is 21.2. The molecule has 1 rings (SSSR count). The smallest absolute Gasteiger partial charge is 0.326 e. The van der Waals surface area contributed by atoms with Crippen LogP contribution in [0.4, 0.5) is 0 Å². The van der Waals surface area contributed by atoms with E-state index >= 15 is 0 Å². The molecule has 1 aliphatic heterocycles. The molecule has 13 heteroatoms. The summed E-state index contributed by atoms with van der Waals surface area (Å²) in [5.74, 6) is -2.89. The van der Waals surface area contributed by atoms with Crippen LogP contribution in [0.3, 0.4) is 0 Å². The van der Waals surface area contributed by atoms with Crippen LogP contribution in [0.15, 0.2) is 0 Å². The van der Waals surface area contributed by atoms with Gasteiger partial charge < -0.3 is 20.6 Å². The Morgan fingerprint density at radius 2 is 1.45 bits per heavy atom. The number of halogens is 2. The highest BCUT2D eigenvalue weighted by molar-refractivity contribution is 14.1. The van der Waals surface area contributed by atoms with Gasteiger partial charge in [-0.2, -0.15) is 0 Å². The maximum atomic E-state index is 12.6. The lowest BCUT2D eigenvalue weighted by Crippen LogP contribution is -2.45. The first-order valence-electron chi connectivity index (χ1n) is 9.72. The number of nitrogens with zero attached hydrogens (tertiary/aromatic N) is 2. The first-order chi connectivity index (χ1) is 14.7. The van der Waals surface area contributed by atoms with Crippen LogP contribution in [0.5, 0.6) is 0 Å². The van der Waals surface area contributed by atoms with Crippen LogP contribution in [-0.4, -0.2) is 91.5 Å². The Morgan fingerprint density at radius 1 is 0.968 bits per heavy atom. The molecule has 1 fully saturated rings. The van der Waals surface area contributed by atoms with Crippen LogP contribution in [0.2, 0.25) is 0 Å². The summed E-state index contributed by atoms with van der Waals surface area (Å²) in [5.41, 5.74) is 0. The van der Waals surface area contributed by atoms with E-state index in [1.807, 2.05) is 45.2 Å². The number of rotatable bonds is 14. The van der Waals surface area contributed by atoms with Gasteiger partial charge in [-0.05, 0) is 12.8 Å². The monoisotopic (exact) mass is 664 g/mol. The van der Waals surface area contributed by atoms with Crippen molar-refractivity contribution in [3.05, 3.63) is 0 Å². The summed E-state index contributed by atoms with van der Waals surface area (Å²) in [6.45, 7) is 0.990. The lowest BCUT2D eigenvalue weighted by atomic mass is 10.1. The third-order valence-electron chi connectivity index (χ3n) is 4.56. The quantitative estimate of drug-likeness (QED) is 0.131. The summed E-state index contributed by atoms with van der Waals surface area (Å²) < 4.78 is 0.587. The van der Waals surface area contributed by atoms with Crippen molar-refractivity contribution in [2.24, 2.45) is 0 Å². The minimum absolute atomic E-state index is 0.00120. The fourth-order valence-corrected chi connectivity index (χ4v) is 3.56. The van der Waals surface area contributed by atoms with E-state index in [1.165, 1.54) is 4.90 Å². The van der Waals surface area contributed by atoms with Crippen LogP contribution in [0, 0.1) is 0 Å². The van der Waals surface area contributed by atoms with Crippen LogP contribution >= 0.6 is 45.2 Å². The number of aliphatic carboxylic acids is 1. The lowest BCUT2D eigenvalue weighted by molar-refractivity contribution is -0.154. The molecule has 1 atom stereocenters. The molecular weight excluding hydrogens is 638 g/mol. The van der Waals surface area contributed by atoms with E-state index in [1.54, 1.807) is 0 Å². The first-order valence-corrected chi connectivity index (χ1v) is 12.8. The number of likely N-dealkylation sites (tertiary alicyclic amines) is 1. The Morgan fingerprint density at radius 3 is 1.87 bits per heavy atom. The Hall–Kier alpha value is -1.52. The number of hydrogen-bond donors (Lipinski definition) is 3. The molecule has 0 aromatic carbocycles. The zero-order chi connectivity index (χ0) is 23.4. The molecule has 3 N–H and O–H groups in total. The Bertz CT molecular complexity index is 666. The molecule has 5 amide bonds. The fourth-order valence-electron chi connectivity index (χ4n) is 3.03. The molecule has 0 spiro atoms. The van der Waals surface area contributed by atoms with E-state index in [9.17, 15) is 33.9 Å². The molecule has 1 unspecified atom stereocenters. The first kappa shape index (κ1) is 27.5. The molecule has 0 aromatic heterocycles. The Labute approximate surface area is 207 Å². The molecule has 11 nitrogen and oxygen atoms in total. The van der Waals surface area contributed by atoms with E-state index in [0.717, 1.165) is 4.90 Å². The molecule has 31 heavy (non-hydrogen) atoms. The van der Waals surface area contributed by atoms with Crippen molar-refractivity contribution < 1.29 is 33.9 Å². The number of amides is 5. The number of alkyl halides is 2. The topological polar surface area (TPSA) is 153 Å². The van der Waals surface area contributed by atoms with Crippen LogP contribution < -0.4 is 10.6 Å². The standard InChI is InChI=1S/C18H26I2N4O7/c19-10-13(25)21-6-8-23(9-7-22-14(26)11-20)15(27)3-1-2-12(18(30)31)24-16(28)4-5-17(24)29/h12H,1-11H2,(H,21,25)(H,22,26)(H,30,31). The highest BCUT2D eigenvalue weighted by Crippen LogP contribution is 2.19. The summed E-state index contributed by atoms with van der Waals surface area (Å²) in [6, 6.07) is -1.28. The van der Waals surface area contributed by atoms with Gasteiger partial charge in [0.05, 0.1) is 8.86 Å². The van der Waals surface area contributed by atoms with Gasteiger partial charge in [-0.1, -0.05) is 45.2 Å². The van der Waals surface area contributed by atoms with E-state index in [2.05, 4.69) is 10.6 Å². The highest BCUT2D eigenvalue weighted by Gasteiger charge is 2.38. The molecule has 1 saturated heterocycles. The van der Waals surface area contributed by atoms with Gasteiger partial charge in [-0.3, -0.25) is 28.9 Å². The van der Waals surface area contributed by atoms with Gasteiger partial charge in [0.1, 0.15) is 6.04 Å². The molecular formula is C18H26I2N4O7. The molecule has 0 aliphatic carbocycles. The predicted molar refractivity (Wildman–Crippen MR) is 127 cm³/mol. The van der Waals surface area contributed by atoms with Crippen LogP contribution in [-0.2, 0) is 28.8 Å². The van der Waals surface area contributed by atoms with Crippen molar-refractivity contribution in [1.29, 1.82) is 0 Å². The maximum absolute atomic E-state index is 12.6. The number of carbonyl (C=O) groups excluding carboxylic acids is 5. The molecule has 0 bridgehead atoms. The summed E-state index contributed by atoms with van der Waals surface area (Å²) in [4.78, 5) is 72.9. The fraction of sp³-hybridized carbons (Fsp3) is 0.667. The average Bonchev–Trinajstić information content (AvgIpc) is 3.07. The normalized spacial score (nSPS) is 14.3. The van der Waals surface area contributed by atoms with E-state index < -0.39 is 23.8 Å². The van der Waals surface area contributed by atoms with Gasteiger partial charge >= 0.3 is 5.97 Å². The van der Waals surface area contributed by atoms with Gasteiger partial charge in [0.25, 0.3) is 0 Å². The Balaban J connectivity index is 2.62. The van der Waals surface area contributed by atoms with E-state index in [-0.39, 0.29) is 76.0 Å². The van der Waals surface area contributed by atoms with Crippen molar-refractivity contribution >= 4 is 80.7 Å². The van der Waals surface area contributed by atoms with Gasteiger partial charge in [-0.15, -0.1) is 0 Å². The van der Waals surface area contributed by atoms with Crippen LogP contribution in [0.1, 0.15) is 32.1 Å². The second kappa shape index (κ2) is 14.5. The number of imide groups is 1. The molecule has 0 saturated carbocycles. The highest BCUT2D eigenvalue weighted by atomic mass is 127. The molecule has 1 aliphatic rings. The summed E-state index contributed by atoms with van der Waals surface area (Å²) >= 11 is 3.85. The van der Waals surface area contributed by atoms with Crippen molar-refractivity contribution in [2.45, 2.75) is 38.1 Å².